The van der Waals surface area contributed by atoms with Gasteiger partial charge in [-0.25, -0.2) is 4.98 Å². The number of halogens is 2. The lowest BCUT2D eigenvalue weighted by atomic mass is 10.2. The van der Waals surface area contributed by atoms with Gasteiger partial charge in [-0.05, 0) is 69.9 Å². The molecule has 156 valence electrons. The second-order valence-electron chi connectivity index (χ2n) is 6.92. The lowest BCUT2D eigenvalue weighted by Crippen LogP contribution is -2.36. The van der Waals surface area contributed by atoms with E-state index in [2.05, 4.69) is 9.88 Å². The second kappa shape index (κ2) is 10.8. The van der Waals surface area contributed by atoms with E-state index in [1.54, 1.807) is 4.90 Å². The fourth-order valence-corrected chi connectivity index (χ4v) is 4.09. The quantitative estimate of drug-likeness (QED) is 0.478. The Hall–Kier alpha value is -1.86. The third-order valence-corrected chi connectivity index (χ3v) is 5.49. The minimum atomic E-state index is -0.106. The summed E-state index contributed by atoms with van der Waals surface area (Å²) in [5.41, 5.74) is 1.94. The summed E-state index contributed by atoms with van der Waals surface area (Å²) in [5, 5.41) is 1.34. The van der Waals surface area contributed by atoms with Crippen molar-refractivity contribution in [2.45, 2.75) is 13.3 Å². The van der Waals surface area contributed by atoms with Crippen molar-refractivity contribution in [2.75, 3.05) is 38.7 Å². The molecule has 0 fully saturated rings. The van der Waals surface area contributed by atoms with Gasteiger partial charge in [0, 0.05) is 11.6 Å². The lowest BCUT2D eigenvalue weighted by molar-refractivity contribution is -0.120. The van der Waals surface area contributed by atoms with Crippen molar-refractivity contribution >= 4 is 56.6 Å². The molecule has 3 rings (SSSR count). The van der Waals surface area contributed by atoms with Gasteiger partial charge in [0.05, 0.1) is 10.2 Å². The largest absolute Gasteiger partial charge is 0.484 e. The third-order valence-electron chi connectivity index (χ3n) is 4.21. The van der Waals surface area contributed by atoms with Crippen LogP contribution in [0.25, 0.3) is 10.2 Å². The van der Waals surface area contributed by atoms with Crippen LogP contribution in [-0.4, -0.2) is 49.6 Å². The van der Waals surface area contributed by atoms with Crippen LogP contribution in [0, 0.1) is 6.92 Å². The lowest BCUT2D eigenvalue weighted by Gasteiger charge is -2.21. The number of rotatable bonds is 8. The van der Waals surface area contributed by atoms with Crippen LogP contribution in [0.15, 0.2) is 42.5 Å². The number of carbonyl (C=O) groups is 1. The smallest absolute Gasteiger partial charge is 0.266 e. The molecular weight excluding hydrogens is 429 g/mol. The van der Waals surface area contributed by atoms with Gasteiger partial charge in [0.1, 0.15) is 5.75 Å². The highest BCUT2D eigenvalue weighted by Crippen LogP contribution is 2.31. The highest BCUT2D eigenvalue weighted by molar-refractivity contribution is 7.22. The van der Waals surface area contributed by atoms with Gasteiger partial charge >= 0.3 is 0 Å². The number of hydrogen-bond acceptors (Lipinski definition) is 5. The zero-order valence-electron chi connectivity index (χ0n) is 16.7. The van der Waals surface area contributed by atoms with Crippen molar-refractivity contribution in [3.8, 4) is 5.75 Å². The highest BCUT2D eigenvalue weighted by atomic mass is 35.5. The summed E-state index contributed by atoms with van der Waals surface area (Å²) >= 11 is 7.56. The molecule has 0 bridgehead atoms. The number of nitrogens with zero attached hydrogens (tertiary/aromatic N) is 3. The number of ether oxygens (including phenoxy) is 1. The van der Waals surface area contributed by atoms with Gasteiger partial charge in [0.15, 0.2) is 11.7 Å². The number of anilines is 1. The van der Waals surface area contributed by atoms with Gasteiger partial charge < -0.3 is 9.64 Å². The molecule has 2 aromatic carbocycles. The van der Waals surface area contributed by atoms with Gasteiger partial charge in [0.25, 0.3) is 5.91 Å². The summed E-state index contributed by atoms with van der Waals surface area (Å²) < 4.78 is 6.69. The van der Waals surface area contributed by atoms with E-state index in [1.807, 2.05) is 63.5 Å². The van der Waals surface area contributed by atoms with Gasteiger partial charge in [-0.15, -0.1) is 12.4 Å². The molecule has 29 heavy (non-hydrogen) atoms. The van der Waals surface area contributed by atoms with E-state index >= 15 is 0 Å². The topological polar surface area (TPSA) is 45.7 Å². The minimum absolute atomic E-state index is 0. The molecule has 0 unspecified atom stereocenters. The molecule has 0 spiro atoms. The van der Waals surface area contributed by atoms with E-state index in [4.69, 9.17) is 16.3 Å². The minimum Gasteiger partial charge on any atom is -0.484 e. The van der Waals surface area contributed by atoms with Crippen LogP contribution in [0.3, 0.4) is 0 Å². The third kappa shape index (κ3) is 6.57. The van der Waals surface area contributed by atoms with Crippen molar-refractivity contribution in [1.29, 1.82) is 0 Å². The maximum absolute atomic E-state index is 12.9. The Morgan fingerprint density at radius 1 is 1.17 bits per heavy atom. The molecule has 0 saturated carbocycles. The predicted molar refractivity (Wildman–Crippen MR) is 124 cm³/mol. The summed E-state index contributed by atoms with van der Waals surface area (Å²) in [4.78, 5) is 21.4. The van der Waals surface area contributed by atoms with Crippen molar-refractivity contribution in [2.24, 2.45) is 0 Å². The monoisotopic (exact) mass is 453 g/mol. The van der Waals surface area contributed by atoms with E-state index < -0.39 is 0 Å². The molecule has 0 radical (unpaired) electrons. The van der Waals surface area contributed by atoms with Crippen molar-refractivity contribution in [1.82, 2.24) is 9.88 Å². The molecule has 1 heterocycles. The number of carbonyl (C=O) groups excluding carboxylic acids is 1. The molecule has 3 aromatic rings. The first kappa shape index (κ1) is 23.4. The average Bonchev–Trinajstić information content (AvgIpc) is 3.05. The molecule has 0 N–H and O–H groups in total. The number of hydrogen-bond donors (Lipinski definition) is 0. The van der Waals surface area contributed by atoms with E-state index in [-0.39, 0.29) is 24.9 Å². The Bertz CT molecular complexity index is 962. The number of amides is 1. The van der Waals surface area contributed by atoms with E-state index in [9.17, 15) is 4.79 Å². The first-order valence-corrected chi connectivity index (χ1v) is 10.3. The van der Waals surface area contributed by atoms with Gasteiger partial charge in [-0.2, -0.15) is 0 Å². The molecule has 1 aromatic heterocycles. The van der Waals surface area contributed by atoms with Gasteiger partial charge in [0.2, 0.25) is 0 Å². The Morgan fingerprint density at radius 3 is 2.69 bits per heavy atom. The molecule has 0 aliphatic heterocycles. The van der Waals surface area contributed by atoms with Crippen LogP contribution in [0.1, 0.15) is 12.0 Å². The summed E-state index contributed by atoms with van der Waals surface area (Å²) in [6, 6.07) is 13.3. The van der Waals surface area contributed by atoms with Crippen molar-refractivity contribution in [3.05, 3.63) is 53.1 Å². The fraction of sp³-hybridized carbons (Fsp3) is 0.333. The molecule has 0 saturated heterocycles. The van der Waals surface area contributed by atoms with Crippen LogP contribution in [-0.2, 0) is 4.79 Å². The normalized spacial score (nSPS) is 10.8. The summed E-state index contributed by atoms with van der Waals surface area (Å²) in [6.07, 6.45) is 0.847. The zero-order chi connectivity index (χ0) is 20.1. The molecule has 0 aliphatic rings. The molecular formula is C21H25Cl2N3O2S. The standard InChI is InChI=1S/C21H24ClN3O2S.ClH/c1-15-6-4-7-17(12-15)27-14-20(26)25(11-5-10-24(2)3)21-23-18-9-8-16(22)13-19(18)28-21;/h4,6-9,12-13H,5,10-11,14H2,1-3H3;1H. The van der Waals surface area contributed by atoms with Crippen LogP contribution in [0.2, 0.25) is 5.02 Å². The summed E-state index contributed by atoms with van der Waals surface area (Å²) in [5.74, 6) is 0.586. The van der Waals surface area contributed by atoms with E-state index in [0.717, 1.165) is 28.7 Å². The van der Waals surface area contributed by atoms with Gasteiger partial charge in [-0.1, -0.05) is 35.1 Å². The summed E-state index contributed by atoms with van der Waals surface area (Å²) in [7, 11) is 4.04. The summed E-state index contributed by atoms with van der Waals surface area (Å²) in [6.45, 7) is 3.44. The molecule has 8 heteroatoms. The Morgan fingerprint density at radius 2 is 1.97 bits per heavy atom. The van der Waals surface area contributed by atoms with E-state index in [1.165, 1.54) is 11.3 Å². The number of benzene rings is 2. The van der Waals surface area contributed by atoms with Crippen LogP contribution in [0.5, 0.6) is 5.75 Å². The first-order valence-electron chi connectivity index (χ1n) is 9.13. The number of fused-ring (bicyclic) bond motifs is 1. The zero-order valence-corrected chi connectivity index (χ0v) is 19.1. The fourth-order valence-electron chi connectivity index (χ4n) is 2.80. The molecule has 5 nitrogen and oxygen atoms in total. The predicted octanol–water partition coefficient (Wildman–Crippen LogP) is 5.04. The highest BCUT2D eigenvalue weighted by Gasteiger charge is 2.20. The SMILES string of the molecule is Cc1cccc(OCC(=O)N(CCCN(C)C)c2nc3ccc(Cl)cc3s2)c1.Cl. The maximum atomic E-state index is 12.9. The van der Waals surface area contributed by atoms with Crippen LogP contribution in [0.4, 0.5) is 5.13 Å². The van der Waals surface area contributed by atoms with Crippen molar-refractivity contribution < 1.29 is 9.53 Å². The molecule has 0 aliphatic carbocycles. The Balaban J connectivity index is 0.00000300. The Kier molecular flexibility index (Phi) is 8.71. The number of thiazole rings is 1. The molecule has 1 amide bonds. The number of aromatic nitrogens is 1. The molecule has 0 atom stereocenters. The second-order valence-corrected chi connectivity index (χ2v) is 8.36. The van der Waals surface area contributed by atoms with E-state index in [0.29, 0.717) is 22.4 Å². The average molecular weight is 454 g/mol. The van der Waals surface area contributed by atoms with Crippen molar-refractivity contribution in [3.63, 3.8) is 0 Å². The van der Waals surface area contributed by atoms with Crippen LogP contribution < -0.4 is 9.64 Å². The first-order chi connectivity index (χ1) is 13.4. The van der Waals surface area contributed by atoms with Gasteiger partial charge in [-0.3, -0.25) is 9.69 Å². The maximum Gasteiger partial charge on any atom is 0.266 e. The van der Waals surface area contributed by atoms with Crippen LogP contribution >= 0.6 is 35.3 Å². The Labute approximate surface area is 186 Å². The number of aryl methyl sites for hydroxylation is 1.